The number of halogens is 2. The van der Waals surface area contributed by atoms with Crippen LogP contribution in [0.25, 0.3) is 5.69 Å². The number of benzene rings is 1. The van der Waals surface area contributed by atoms with E-state index >= 15 is 0 Å². The van der Waals surface area contributed by atoms with Crippen molar-refractivity contribution in [3.63, 3.8) is 0 Å². The summed E-state index contributed by atoms with van der Waals surface area (Å²) in [7, 11) is 0. The Balaban J connectivity index is 1.87. The number of morpholine rings is 1. The fourth-order valence-corrected chi connectivity index (χ4v) is 2.94. The number of nitrogens with zero attached hydrogens (tertiary/aromatic N) is 3. The number of carbonyl (C=O) groups is 2. The molecule has 1 N–H and O–H groups in total. The number of aliphatic carboxylic acids is 1. The maximum absolute atomic E-state index is 12.6. The molecular weight excluding hydrogens is 357 g/mol. The van der Waals surface area contributed by atoms with Crippen LogP contribution in [0.15, 0.2) is 30.6 Å². The number of carbonyl (C=O) groups excluding carboxylic acids is 1. The maximum Gasteiger partial charge on any atom is 0.328 e. The van der Waals surface area contributed by atoms with Gasteiger partial charge in [0.25, 0.3) is 5.91 Å². The molecule has 0 bridgehead atoms. The minimum atomic E-state index is -1.10. The monoisotopic (exact) mass is 369 g/mol. The van der Waals surface area contributed by atoms with E-state index in [1.165, 1.54) is 22.0 Å². The van der Waals surface area contributed by atoms with Gasteiger partial charge in [0.15, 0.2) is 6.04 Å². The first-order chi connectivity index (χ1) is 11.5. The van der Waals surface area contributed by atoms with Crippen LogP contribution in [0.3, 0.4) is 0 Å². The molecule has 3 rings (SSSR count). The number of hydrogen-bond acceptors (Lipinski definition) is 4. The fraction of sp³-hybridized carbons (Fsp3) is 0.267. The van der Waals surface area contributed by atoms with Gasteiger partial charge in [0.2, 0.25) is 0 Å². The molecule has 1 aliphatic heterocycles. The summed E-state index contributed by atoms with van der Waals surface area (Å²) in [6, 6.07) is 3.91. The van der Waals surface area contributed by atoms with Crippen molar-refractivity contribution >= 4 is 35.1 Å². The van der Waals surface area contributed by atoms with Crippen molar-refractivity contribution in [1.29, 1.82) is 0 Å². The van der Waals surface area contributed by atoms with E-state index in [0.29, 0.717) is 22.3 Å². The number of carboxylic acid groups (broad SMARTS) is 1. The summed E-state index contributed by atoms with van der Waals surface area (Å²) in [6.07, 6.45) is 2.88. The van der Waals surface area contributed by atoms with Gasteiger partial charge in [-0.25, -0.2) is 9.48 Å². The van der Waals surface area contributed by atoms with Crippen LogP contribution in [-0.4, -0.2) is 57.5 Å². The predicted octanol–water partition coefficient (Wildman–Crippen LogP) is 2.10. The van der Waals surface area contributed by atoms with Gasteiger partial charge < -0.3 is 14.7 Å². The summed E-state index contributed by atoms with van der Waals surface area (Å²) in [6.45, 7) is 0.480. The third-order valence-corrected chi connectivity index (χ3v) is 4.20. The molecule has 24 heavy (non-hydrogen) atoms. The second-order valence-corrected chi connectivity index (χ2v) is 6.04. The summed E-state index contributed by atoms with van der Waals surface area (Å²) in [4.78, 5) is 25.2. The summed E-state index contributed by atoms with van der Waals surface area (Å²) in [5, 5.41) is 14.2. The predicted molar refractivity (Wildman–Crippen MR) is 86.9 cm³/mol. The molecule has 1 atom stereocenters. The van der Waals surface area contributed by atoms with Crippen LogP contribution in [0.1, 0.15) is 10.4 Å². The van der Waals surface area contributed by atoms with Gasteiger partial charge in [-0.05, 0) is 18.2 Å². The zero-order chi connectivity index (χ0) is 17.3. The third-order valence-electron chi connectivity index (χ3n) is 3.66. The Morgan fingerprint density at radius 1 is 1.33 bits per heavy atom. The molecule has 0 saturated carbocycles. The van der Waals surface area contributed by atoms with Crippen LogP contribution in [0.2, 0.25) is 10.0 Å². The summed E-state index contributed by atoms with van der Waals surface area (Å²) < 4.78 is 6.58. The van der Waals surface area contributed by atoms with Crippen LogP contribution in [0.5, 0.6) is 0 Å². The fourth-order valence-electron chi connectivity index (χ4n) is 2.45. The minimum absolute atomic E-state index is 0.0295. The lowest BCUT2D eigenvalue weighted by molar-refractivity contribution is -0.147. The van der Waals surface area contributed by atoms with Crippen molar-refractivity contribution in [1.82, 2.24) is 14.7 Å². The van der Waals surface area contributed by atoms with E-state index < -0.39 is 17.9 Å². The van der Waals surface area contributed by atoms with Crippen LogP contribution in [0, 0.1) is 0 Å². The molecule has 7 nitrogen and oxygen atoms in total. The summed E-state index contributed by atoms with van der Waals surface area (Å²) in [5.41, 5.74) is 0.839. The zero-order valence-electron chi connectivity index (χ0n) is 12.4. The highest BCUT2D eigenvalue weighted by Crippen LogP contribution is 2.24. The smallest absolute Gasteiger partial charge is 0.328 e. The van der Waals surface area contributed by atoms with E-state index in [2.05, 4.69) is 5.10 Å². The van der Waals surface area contributed by atoms with E-state index in [4.69, 9.17) is 27.9 Å². The molecule has 0 aliphatic carbocycles. The number of hydrogen-bond donors (Lipinski definition) is 1. The first kappa shape index (κ1) is 16.8. The van der Waals surface area contributed by atoms with Crippen LogP contribution < -0.4 is 0 Å². The molecule has 9 heteroatoms. The van der Waals surface area contributed by atoms with Crippen LogP contribution >= 0.6 is 23.2 Å². The molecule has 1 aromatic heterocycles. The maximum atomic E-state index is 12.6. The molecule has 1 saturated heterocycles. The lowest BCUT2D eigenvalue weighted by Crippen LogP contribution is -2.52. The molecule has 0 spiro atoms. The molecule has 0 unspecified atom stereocenters. The van der Waals surface area contributed by atoms with E-state index in [0.717, 1.165) is 0 Å². The second kappa shape index (κ2) is 6.80. The number of ether oxygens (including phenoxy) is 1. The SMILES string of the molecule is O=C(O)[C@H]1COCCN1C(=O)c1cnn(-c2ccc(Cl)cc2Cl)c1. The van der Waals surface area contributed by atoms with Crippen molar-refractivity contribution in [3.05, 3.63) is 46.2 Å². The minimum Gasteiger partial charge on any atom is -0.480 e. The highest BCUT2D eigenvalue weighted by Gasteiger charge is 2.33. The molecule has 126 valence electrons. The van der Waals surface area contributed by atoms with Gasteiger partial charge in [0.05, 0.1) is 35.7 Å². The van der Waals surface area contributed by atoms with E-state index in [9.17, 15) is 14.7 Å². The van der Waals surface area contributed by atoms with Crippen LogP contribution in [0.4, 0.5) is 0 Å². The van der Waals surface area contributed by atoms with Crippen molar-refractivity contribution in [2.75, 3.05) is 19.8 Å². The highest BCUT2D eigenvalue weighted by molar-refractivity contribution is 6.35. The van der Waals surface area contributed by atoms with Gasteiger partial charge in [-0.2, -0.15) is 5.10 Å². The standard InChI is InChI=1S/C15H13Cl2N3O4/c16-10-1-2-12(11(17)5-10)20-7-9(6-18-20)14(21)19-3-4-24-8-13(19)15(22)23/h1-2,5-7,13H,3-4,8H2,(H,22,23)/t13-/m1/s1. The van der Waals surface area contributed by atoms with Crippen molar-refractivity contribution in [2.24, 2.45) is 0 Å². The Morgan fingerprint density at radius 2 is 2.12 bits per heavy atom. The average Bonchev–Trinajstić information content (AvgIpc) is 3.03. The Kier molecular flexibility index (Phi) is 4.75. The normalized spacial score (nSPS) is 17.8. The van der Waals surface area contributed by atoms with E-state index in [-0.39, 0.29) is 18.7 Å². The van der Waals surface area contributed by atoms with E-state index in [1.54, 1.807) is 18.2 Å². The lowest BCUT2D eigenvalue weighted by atomic mass is 10.2. The Bertz CT molecular complexity index is 793. The van der Waals surface area contributed by atoms with Crippen LogP contribution in [-0.2, 0) is 9.53 Å². The first-order valence-corrected chi connectivity index (χ1v) is 7.84. The molecular formula is C15H13Cl2N3O4. The largest absolute Gasteiger partial charge is 0.480 e. The zero-order valence-corrected chi connectivity index (χ0v) is 13.9. The molecule has 2 aromatic rings. The first-order valence-electron chi connectivity index (χ1n) is 7.09. The quantitative estimate of drug-likeness (QED) is 0.895. The Morgan fingerprint density at radius 3 is 2.83 bits per heavy atom. The lowest BCUT2D eigenvalue weighted by Gasteiger charge is -2.32. The van der Waals surface area contributed by atoms with Gasteiger partial charge >= 0.3 is 5.97 Å². The topological polar surface area (TPSA) is 84.7 Å². The van der Waals surface area contributed by atoms with Gasteiger partial charge in [-0.1, -0.05) is 23.2 Å². The van der Waals surface area contributed by atoms with Gasteiger partial charge in [0, 0.05) is 17.8 Å². The molecule has 1 aliphatic rings. The van der Waals surface area contributed by atoms with Crippen molar-refractivity contribution in [3.8, 4) is 5.69 Å². The Labute approximate surface area is 147 Å². The second-order valence-electron chi connectivity index (χ2n) is 5.20. The molecule has 1 amide bonds. The van der Waals surface area contributed by atoms with Crippen molar-refractivity contribution in [2.45, 2.75) is 6.04 Å². The number of amides is 1. The van der Waals surface area contributed by atoms with Crippen molar-refractivity contribution < 1.29 is 19.4 Å². The van der Waals surface area contributed by atoms with Gasteiger partial charge in [-0.15, -0.1) is 0 Å². The number of aromatic nitrogens is 2. The Hall–Kier alpha value is -2.09. The van der Waals surface area contributed by atoms with Gasteiger partial charge in [0.1, 0.15) is 0 Å². The molecule has 0 radical (unpaired) electrons. The number of carboxylic acids is 1. The summed E-state index contributed by atoms with van der Waals surface area (Å²) in [5.74, 6) is -1.52. The third kappa shape index (κ3) is 3.24. The summed E-state index contributed by atoms with van der Waals surface area (Å²) >= 11 is 12.0. The average molecular weight is 370 g/mol. The van der Waals surface area contributed by atoms with Gasteiger partial charge in [-0.3, -0.25) is 4.79 Å². The number of rotatable bonds is 3. The molecule has 1 fully saturated rings. The molecule has 1 aromatic carbocycles. The van der Waals surface area contributed by atoms with E-state index in [1.807, 2.05) is 0 Å². The molecule has 2 heterocycles. The highest BCUT2D eigenvalue weighted by atomic mass is 35.5.